The molecule has 1 rings (SSSR count). The fourth-order valence-electron chi connectivity index (χ4n) is 1.70. The first-order valence-electron chi connectivity index (χ1n) is 5.67. The van der Waals surface area contributed by atoms with Crippen molar-refractivity contribution in [3.8, 4) is 0 Å². The molecule has 0 aromatic heterocycles. The van der Waals surface area contributed by atoms with Gasteiger partial charge in [0.15, 0.2) is 0 Å². The van der Waals surface area contributed by atoms with Crippen LogP contribution in [0.3, 0.4) is 0 Å². The first-order chi connectivity index (χ1) is 6.83. The maximum absolute atomic E-state index is 5.73. The Morgan fingerprint density at radius 3 is 3.07 bits per heavy atom. The summed E-state index contributed by atoms with van der Waals surface area (Å²) in [6.45, 7) is 6.35. The lowest BCUT2D eigenvalue weighted by Gasteiger charge is -2.10. The molecule has 2 nitrogen and oxygen atoms in total. The molecule has 1 heterocycles. The van der Waals surface area contributed by atoms with Gasteiger partial charge in [0.1, 0.15) is 0 Å². The van der Waals surface area contributed by atoms with E-state index < -0.39 is 0 Å². The minimum atomic E-state index is 0.660. The van der Waals surface area contributed by atoms with Crippen LogP contribution in [-0.4, -0.2) is 32.2 Å². The van der Waals surface area contributed by atoms with Gasteiger partial charge in [-0.25, -0.2) is 0 Å². The Labute approximate surface area is 92.3 Å². The molecular formula is C11H22ClNO. The van der Waals surface area contributed by atoms with E-state index in [1.54, 1.807) is 0 Å². The summed E-state index contributed by atoms with van der Waals surface area (Å²) in [5.41, 5.74) is 0. The van der Waals surface area contributed by atoms with Gasteiger partial charge in [-0.15, -0.1) is 11.6 Å². The Kier molecular flexibility index (Phi) is 6.57. The number of halogens is 1. The third kappa shape index (κ3) is 5.18. The zero-order valence-electron chi connectivity index (χ0n) is 9.10. The molecule has 0 bridgehead atoms. The number of alkyl halides is 1. The van der Waals surface area contributed by atoms with Crippen molar-refractivity contribution in [3.05, 3.63) is 0 Å². The second-order valence-corrected chi connectivity index (χ2v) is 4.64. The minimum absolute atomic E-state index is 0.660. The zero-order chi connectivity index (χ0) is 10.2. The number of nitrogens with one attached hydrogen (secondary N) is 1. The van der Waals surface area contributed by atoms with Crippen LogP contribution in [-0.2, 0) is 4.74 Å². The third-order valence-corrected chi connectivity index (χ3v) is 3.30. The molecule has 1 aliphatic heterocycles. The maximum Gasteiger partial charge on any atom is 0.0507 e. The molecule has 1 aliphatic rings. The Morgan fingerprint density at radius 2 is 2.43 bits per heavy atom. The fraction of sp³-hybridized carbons (Fsp3) is 1.00. The molecule has 1 N–H and O–H groups in total. The van der Waals surface area contributed by atoms with Crippen LogP contribution in [0.1, 0.15) is 26.2 Å². The quantitative estimate of drug-likeness (QED) is 0.524. The predicted octanol–water partition coefficient (Wildman–Crippen LogP) is 2.27. The molecule has 84 valence electrons. The van der Waals surface area contributed by atoms with Crippen LogP contribution in [0, 0.1) is 11.8 Å². The van der Waals surface area contributed by atoms with E-state index in [1.807, 2.05) is 0 Å². The molecule has 0 saturated carbocycles. The van der Waals surface area contributed by atoms with Crippen molar-refractivity contribution in [3.63, 3.8) is 0 Å². The van der Waals surface area contributed by atoms with Crippen LogP contribution in [0.5, 0.6) is 0 Å². The van der Waals surface area contributed by atoms with Crippen molar-refractivity contribution in [2.24, 2.45) is 11.8 Å². The Balaban J connectivity index is 1.84. The van der Waals surface area contributed by atoms with E-state index in [1.165, 1.54) is 19.3 Å². The lowest BCUT2D eigenvalue weighted by atomic mass is 10.1. The molecular weight excluding hydrogens is 198 g/mol. The summed E-state index contributed by atoms with van der Waals surface area (Å²) in [5, 5.41) is 3.48. The molecule has 0 aromatic rings. The Morgan fingerprint density at radius 1 is 1.57 bits per heavy atom. The summed E-state index contributed by atoms with van der Waals surface area (Å²) >= 11 is 5.73. The molecule has 2 atom stereocenters. The summed E-state index contributed by atoms with van der Waals surface area (Å²) in [4.78, 5) is 0. The molecule has 3 heteroatoms. The van der Waals surface area contributed by atoms with Crippen LogP contribution in [0.15, 0.2) is 0 Å². The van der Waals surface area contributed by atoms with Gasteiger partial charge in [0.2, 0.25) is 0 Å². The van der Waals surface area contributed by atoms with Gasteiger partial charge in [-0.05, 0) is 37.6 Å². The van der Waals surface area contributed by atoms with Crippen molar-refractivity contribution in [2.45, 2.75) is 26.2 Å². The monoisotopic (exact) mass is 219 g/mol. The van der Waals surface area contributed by atoms with E-state index in [-0.39, 0.29) is 0 Å². The summed E-state index contributed by atoms with van der Waals surface area (Å²) < 4.78 is 5.31. The smallest absolute Gasteiger partial charge is 0.0507 e. The fourth-order valence-corrected chi connectivity index (χ4v) is 1.86. The van der Waals surface area contributed by atoms with E-state index in [0.29, 0.717) is 5.92 Å². The highest BCUT2D eigenvalue weighted by Gasteiger charge is 2.14. The van der Waals surface area contributed by atoms with Crippen LogP contribution in [0.4, 0.5) is 0 Å². The molecule has 1 saturated heterocycles. The SMILES string of the molecule is CC(CCl)CCCNCC1CCOC1. The first-order valence-corrected chi connectivity index (χ1v) is 6.20. The van der Waals surface area contributed by atoms with E-state index in [2.05, 4.69) is 12.2 Å². The van der Waals surface area contributed by atoms with Gasteiger partial charge in [-0.2, -0.15) is 0 Å². The standard InChI is InChI=1S/C11H22ClNO/c1-10(7-12)3-2-5-13-8-11-4-6-14-9-11/h10-11,13H,2-9H2,1H3. The van der Waals surface area contributed by atoms with Crippen LogP contribution in [0.2, 0.25) is 0 Å². The number of hydrogen-bond acceptors (Lipinski definition) is 2. The zero-order valence-corrected chi connectivity index (χ0v) is 9.85. The minimum Gasteiger partial charge on any atom is -0.381 e. The molecule has 0 amide bonds. The van der Waals surface area contributed by atoms with Gasteiger partial charge < -0.3 is 10.1 Å². The van der Waals surface area contributed by atoms with E-state index in [0.717, 1.165) is 38.1 Å². The van der Waals surface area contributed by atoms with E-state index in [9.17, 15) is 0 Å². The second kappa shape index (κ2) is 7.49. The van der Waals surface area contributed by atoms with E-state index >= 15 is 0 Å². The van der Waals surface area contributed by atoms with Crippen LogP contribution >= 0.6 is 11.6 Å². The molecule has 2 unspecified atom stereocenters. The summed E-state index contributed by atoms with van der Waals surface area (Å²) in [6.07, 6.45) is 3.70. The van der Waals surface area contributed by atoms with E-state index in [4.69, 9.17) is 16.3 Å². The summed E-state index contributed by atoms with van der Waals surface area (Å²) in [6, 6.07) is 0. The highest BCUT2D eigenvalue weighted by molar-refractivity contribution is 6.18. The highest BCUT2D eigenvalue weighted by atomic mass is 35.5. The van der Waals surface area contributed by atoms with Gasteiger partial charge in [0.25, 0.3) is 0 Å². The number of hydrogen-bond donors (Lipinski definition) is 1. The Hall–Kier alpha value is 0.210. The van der Waals surface area contributed by atoms with Crippen molar-refractivity contribution >= 4 is 11.6 Å². The Bertz CT molecular complexity index is 137. The molecule has 0 aromatic carbocycles. The summed E-state index contributed by atoms with van der Waals surface area (Å²) in [7, 11) is 0. The second-order valence-electron chi connectivity index (χ2n) is 4.34. The molecule has 0 aliphatic carbocycles. The molecule has 0 spiro atoms. The summed E-state index contributed by atoms with van der Waals surface area (Å²) in [5.74, 6) is 2.20. The van der Waals surface area contributed by atoms with Crippen molar-refractivity contribution in [2.75, 3.05) is 32.2 Å². The topological polar surface area (TPSA) is 21.3 Å². The number of ether oxygens (including phenoxy) is 1. The number of rotatable bonds is 7. The normalized spacial score (nSPS) is 24.0. The van der Waals surface area contributed by atoms with Crippen LogP contribution < -0.4 is 5.32 Å². The largest absolute Gasteiger partial charge is 0.381 e. The average molecular weight is 220 g/mol. The molecule has 0 radical (unpaired) electrons. The molecule has 14 heavy (non-hydrogen) atoms. The molecule has 1 fully saturated rings. The third-order valence-electron chi connectivity index (χ3n) is 2.77. The first kappa shape index (κ1) is 12.3. The van der Waals surface area contributed by atoms with Gasteiger partial charge >= 0.3 is 0 Å². The van der Waals surface area contributed by atoms with Gasteiger partial charge in [-0.3, -0.25) is 0 Å². The van der Waals surface area contributed by atoms with Crippen LogP contribution in [0.25, 0.3) is 0 Å². The highest BCUT2D eigenvalue weighted by Crippen LogP contribution is 2.11. The van der Waals surface area contributed by atoms with Gasteiger partial charge in [0.05, 0.1) is 6.61 Å². The van der Waals surface area contributed by atoms with Gasteiger partial charge in [0, 0.05) is 19.0 Å². The predicted molar refractivity (Wildman–Crippen MR) is 60.9 cm³/mol. The maximum atomic E-state index is 5.73. The van der Waals surface area contributed by atoms with Crippen molar-refractivity contribution < 1.29 is 4.74 Å². The van der Waals surface area contributed by atoms with Gasteiger partial charge in [-0.1, -0.05) is 6.92 Å². The van der Waals surface area contributed by atoms with Crippen molar-refractivity contribution in [1.82, 2.24) is 5.32 Å². The van der Waals surface area contributed by atoms with Crippen molar-refractivity contribution in [1.29, 1.82) is 0 Å². The lowest BCUT2D eigenvalue weighted by molar-refractivity contribution is 0.185. The average Bonchev–Trinajstić information content (AvgIpc) is 2.69. The lowest BCUT2D eigenvalue weighted by Crippen LogP contribution is -2.24.